The van der Waals surface area contributed by atoms with Crippen molar-refractivity contribution in [2.24, 2.45) is 0 Å². The maximum atomic E-state index is 11.7. The highest BCUT2D eigenvalue weighted by Gasteiger charge is 2.13. The number of amides is 1. The lowest BCUT2D eigenvalue weighted by Crippen LogP contribution is -2.37. The van der Waals surface area contributed by atoms with Crippen molar-refractivity contribution >= 4 is 5.91 Å². The summed E-state index contributed by atoms with van der Waals surface area (Å²) >= 11 is 0. The van der Waals surface area contributed by atoms with Crippen LogP contribution in [0.4, 0.5) is 0 Å². The van der Waals surface area contributed by atoms with E-state index >= 15 is 0 Å². The Kier molecular flexibility index (Phi) is 6.00. The second-order valence-electron chi connectivity index (χ2n) is 3.89. The van der Waals surface area contributed by atoms with Crippen molar-refractivity contribution in [3.8, 4) is 11.5 Å². The zero-order valence-electron chi connectivity index (χ0n) is 10.7. The third-order valence-electron chi connectivity index (χ3n) is 2.32. The summed E-state index contributed by atoms with van der Waals surface area (Å²) in [5, 5.41) is 12.0. The van der Waals surface area contributed by atoms with E-state index in [0.29, 0.717) is 18.9 Å². The Hall–Kier alpha value is -1.75. The predicted octanol–water partition coefficient (Wildman–Crippen LogP) is 1.31. The molecule has 0 spiro atoms. The Morgan fingerprint density at radius 2 is 2.28 bits per heavy atom. The van der Waals surface area contributed by atoms with Crippen molar-refractivity contribution in [3.05, 3.63) is 24.3 Å². The molecule has 0 bridgehead atoms. The van der Waals surface area contributed by atoms with E-state index in [1.807, 2.05) is 0 Å². The zero-order chi connectivity index (χ0) is 13.4. The van der Waals surface area contributed by atoms with E-state index in [1.54, 1.807) is 32.2 Å². The molecule has 0 radical (unpaired) electrons. The van der Waals surface area contributed by atoms with E-state index in [1.165, 1.54) is 6.07 Å². The topological polar surface area (TPSA) is 67.8 Å². The van der Waals surface area contributed by atoms with Gasteiger partial charge in [0.1, 0.15) is 11.5 Å². The summed E-state index contributed by atoms with van der Waals surface area (Å²) in [6, 6.07) is 6.36. The van der Waals surface area contributed by atoms with Crippen LogP contribution in [-0.4, -0.2) is 37.4 Å². The number of ether oxygens (including phenoxy) is 2. The second kappa shape index (κ2) is 7.55. The van der Waals surface area contributed by atoms with Crippen LogP contribution in [0.1, 0.15) is 13.3 Å². The molecule has 0 aliphatic heterocycles. The summed E-state index contributed by atoms with van der Waals surface area (Å²) in [7, 11) is 1.62. The standard InChI is InChI=1S/C13H19NO4/c1-10(13(16)14-7-4-8-17-2)18-12-6-3-5-11(15)9-12/h3,5-6,9-10,15H,4,7-8H2,1-2H3,(H,14,16). The number of hydrogen-bond acceptors (Lipinski definition) is 4. The number of phenols is 1. The Morgan fingerprint density at radius 1 is 1.50 bits per heavy atom. The minimum Gasteiger partial charge on any atom is -0.508 e. The fourth-order valence-electron chi connectivity index (χ4n) is 1.39. The van der Waals surface area contributed by atoms with Crippen LogP contribution in [-0.2, 0) is 9.53 Å². The maximum absolute atomic E-state index is 11.7. The van der Waals surface area contributed by atoms with Gasteiger partial charge in [0.25, 0.3) is 5.91 Å². The number of aromatic hydroxyl groups is 1. The van der Waals surface area contributed by atoms with Crippen molar-refractivity contribution in [3.63, 3.8) is 0 Å². The Bertz CT molecular complexity index is 381. The van der Waals surface area contributed by atoms with Crippen LogP contribution >= 0.6 is 0 Å². The minimum absolute atomic E-state index is 0.111. The van der Waals surface area contributed by atoms with Gasteiger partial charge in [0, 0.05) is 26.3 Å². The van der Waals surface area contributed by atoms with Gasteiger partial charge < -0.3 is 19.9 Å². The summed E-state index contributed by atoms with van der Waals surface area (Å²) in [4.78, 5) is 11.7. The van der Waals surface area contributed by atoms with Crippen molar-refractivity contribution in [2.45, 2.75) is 19.4 Å². The first-order chi connectivity index (χ1) is 8.63. The van der Waals surface area contributed by atoms with E-state index in [0.717, 1.165) is 6.42 Å². The molecule has 1 rings (SSSR count). The van der Waals surface area contributed by atoms with Gasteiger partial charge in [0.2, 0.25) is 0 Å². The lowest BCUT2D eigenvalue weighted by Gasteiger charge is -2.14. The van der Waals surface area contributed by atoms with Gasteiger partial charge in [-0.2, -0.15) is 0 Å². The molecule has 2 N–H and O–H groups in total. The van der Waals surface area contributed by atoms with Crippen molar-refractivity contribution in [2.75, 3.05) is 20.3 Å². The second-order valence-corrected chi connectivity index (χ2v) is 3.89. The zero-order valence-corrected chi connectivity index (χ0v) is 10.7. The molecule has 1 unspecified atom stereocenters. The molecule has 18 heavy (non-hydrogen) atoms. The number of carbonyl (C=O) groups is 1. The van der Waals surface area contributed by atoms with Gasteiger partial charge in [-0.1, -0.05) is 6.07 Å². The summed E-state index contributed by atoms with van der Waals surface area (Å²) in [6.45, 7) is 2.83. The van der Waals surface area contributed by atoms with Crippen LogP contribution in [0, 0.1) is 0 Å². The van der Waals surface area contributed by atoms with Crippen molar-refractivity contribution in [1.29, 1.82) is 0 Å². The van der Waals surface area contributed by atoms with E-state index in [4.69, 9.17) is 9.47 Å². The first-order valence-corrected chi connectivity index (χ1v) is 5.86. The van der Waals surface area contributed by atoms with Crippen LogP contribution in [0.2, 0.25) is 0 Å². The highest BCUT2D eigenvalue weighted by atomic mass is 16.5. The third-order valence-corrected chi connectivity index (χ3v) is 2.32. The molecule has 0 aliphatic rings. The first kappa shape index (κ1) is 14.3. The van der Waals surface area contributed by atoms with Gasteiger partial charge in [-0.05, 0) is 25.5 Å². The van der Waals surface area contributed by atoms with Crippen LogP contribution in [0.3, 0.4) is 0 Å². The van der Waals surface area contributed by atoms with Gasteiger partial charge in [0.05, 0.1) is 0 Å². The first-order valence-electron chi connectivity index (χ1n) is 5.86. The van der Waals surface area contributed by atoms with Gasteiger partial charge in [-0.3, -0.25) is 4.79 Å². The largest absolute Gasteiger partial charge is 0.508 e. The van der Waals surface area contributed by atoms with Gasteiger partial charge >= 0.3 is 0 Å². The molecule has 1 aromatic carbocycles. The number of phenolic OH excluding ortho intramolecular Hbond substituents is 1. The Morgan fingerprint density at radius 3 is 2.94 bits per heavy atom. The number of methoxy groups -OCH3 is 1. The number of rotatable bonds is 7. The average Bonchev–Trinajstić information content (AvgIpc) is 2.34. The van der Waals surface area contributed by atoms with E-state index in [-0.39, 0.29) is 11.7 Å². The number of carbonyl (C=O) groups excluding carboxylic acids is 1. The Balaban J connectivity index is 2.35. The summed E-state index contributed by atoms with van der Waals surface area (Å²) in [6.07, 6.45) is 0.163. The molecule has 1 amide bonds. The molecular formula is C13H19NO4. The molecule has 1 atom stereocenters. The lowest BCUT2D eigenvalue weighted by molar-refractivity contribution is -0.127. The van der Waals surface area contributed by atoms with E-state index in [2.05, 4.69) is 5.32 Å². The van der Waals surface area contributed by atoms with Crippen LogP contribution in [0.15, 0.2) is 24.3 Å². The predicted molar refractivity (Wildman–Crippen MR) is 67.7 cm³/mol. The average molecular weight is 253 g/mol. The molecule has 5 nitrogen and oxygen atoms in total. The molecular weight excluding hydrogens is 234 g/mol. The minimum atomic E-state index is -0.602. The molecule has 1 aromatic rings. The van der Waals surface area contributed by atoms with Crippen LogP contribution in [0.25, 0.3) is 0 Å². The van der Waals surface area contributed by atoms with Crippen molar-refractivity contribution < 1.29 is 19.4 Å². The monoisotopic (exact) mass is 253 g/mol. The number of nitrogens with one attached hydrogen (secondary N) is 1. The molecule has 0 saturated heterocycles. The molecule has 0 saturated carbocycles. The molecule has 0 aliphatic carbocycles. The highest BCUT2D eigenvalue weighted by Crippen LogP contribution is 2.18. The molecule has 0 heterocycles. The quantitative estimate of drug-likeness (QED) is 0.719. The molecule has 0 fully saturated rings. The summed E-state index contributed by atoms with van der Waals surface area (Å²) in [5.41, 5.74) is 0. The maximum Gasteiger partial charge on any atom is 0.260 e. The lowest BCUT2D eigenvalue weighted by atomic mass is 10.3. The smallest absolute Gasteiger partial charge is 0.260 e. The van der Waals surface area contributed by atoms with Crippen LogP contribution in [0.5, 0.6) is 11.5 Å². The molecule has 5 heteroatoms. The number of benzene rings is 1. The third kappa shape index (κ3) is 5.05. The Labute approximate surface area is 107 Å². The van der Waals surface area contributed by atoms with Crippen molar-refractivity contribution in [1.82, 2.24) is 5.32 Å². The fraction of sp³-hybridized carbons (Fsp3) is 0.462. The molecule has 100 valence electrons. The van der Waals surface area contributed by atoms with Gasteiger partial charge in [0.15, 0.2) is 6.10 Å². The van der Waals surface area contributed by atoms with Gasteiger partial charge in [-0.25, -0.2) is 0 Å². The molecule has 0 aromatic heterocycles. The normalized spacial score (nSPS) is 11.9. The van der Waals surface area contributed by atoms with Gasteiger partial charge in [-0.15, -0.1) is 0 Å². The SMILES string of the molecule is COCCCNC(=O)C(C)Oc1cccc(O)c1. The van der Waals surface area contributed by atoms with E-state index in [9.17, 15) is 9.90 Å². The fourth-order valence-corrected chi connectivity index (χ4v) is 1.39. The van der Waals surface area contributed by atoms with Crippen LogP contribution < -0.4 is 10.1 Å². The summed E-state index contributed by atoms with van der Waals surface area (Å²) < 4.78 is 10.3. The highest BCUT2D eigenvalue weighted by molar-refractivity contribution is 5.80. The number of hydrogen-bond donors (Lipinski definition) is 2. The van der Waals surface area contributed by atoms with E-state index < -0.39 is 6.10 Å². The summed E-state index contributed by atoms with van der Waals surface area (Å²) in [5.74, 6) is 0.393.